The van der Waals surface area contributed by atoms with Gasteiger partial charge in [-0.2, -0.15) is 5.10 Å². The molecule has 120 valence electrons. The van der Waals surface area contributed by atoms with Crippen LogP contribution in [0.2, 0.25) is 0 Å². The average Bonchev–Trinajstić information content (AvgIpc) is 3.15. The maximum absolute atomic E-state index is 11.0. The number of nitrogens with zero attached hydrogens (tertiary/aromatic N) is 4. The lowest BCUT2D eigenvalue weighted by atomic mass is 9.78. The number of piperidine rings is 1. The number of rotatable bonds is 2. The fraction of sp³-hybridized carbons (Fsp3) is 0.750. The third-order valence-corrected chi connectivity index (χ3v) is 5.91. The van der Waals surface area contributed by atoms with Crippen molar-refractivity contribution in [2.75, 3.05) is 26.2 Å². The Hall–Kier alpha value is -1.56. The molecule has 0 aromatic carbocycles. The van der Waals surface area contributed by atoms with Gasteiger partial charge in [-0.3, -0.25) is 4.68 Å². The van der Waals surface area contributed by atoms with Crippen LogP contribution in [0.25, 0.3) is 0 Å². The van der Waals surface area contributed by atoms with E-state index >= 15 is 0 Å². The number of hydrogen-bond acceptors (Lipinski definition) is 3. The van der Waals surface area contributed by atoms with Gasteiger partial charge >= 0.3 is 6.09 Å². The van der Waals surface area contributed by atoms with Gasteiger partial charge in [-0.05, 0) is 38.2 Å². The van der Waals surface area contributed by atoms with Crippen LogP contribution in [-0.4, -0.2) is 63.0 Å². The average molecular weight is 304 g/mol. The first-order valence-electron chi connectivity index (χ1n) is 8.36. The highest BCUT2D eigenvalue weighted by atomic mass is 16.4. The molecule has 2 saturated heterocycles. The highest BCUT2D eigenvalue weighted by Crippen LogP contribution is 2.47. The number of carbonyl (C=O) groups is 1. The molecule has 3 aliphatic rings. The highest BCUT2D eigenvalue weighted by molar-refractivity contribution is 5.66. The zero-order chi connectivity index (χ0) is 15.2. The molecule has 3 heterocycles. The quantitative estimate of drug-likeness (QED) is 0.908. The van der Waals surface area contributed by atoms with Crippen molar-refractivity contribution < 1.29 is 9.90 Å². The van der Waals surface area contributed by atoms with Crippen LogP contribution in [-0.2, 0) is 0 Å². The Morgan fingerprint density at radius 2 is 1.95 bits per heavy atom. The minimum absolute atomic E-state index is 0.294. The molecule has 1 aromatic heterocycles. The van der Waals surface area contributed by atoms with Gasteiger partial charge < -0.3 is 14.9 Å². The first kappa shape index (κ1) is 14.1. The molecule has 1 spiro atoms. The number of carboxylic acid groups (broad SMARTS) is 1. The van der Waals surface area contributed by atoms with Gasteiger partial charge in [0.2, 0.25) is 0 Å². The summed E-state index contributed by atoms with van der Waals surface area (Å²) in [6.07, 6.45) is 9.13. The summed E-state index contributed by atoms with van der Waals surface area (Å²) in [5, 5.41) is 13.4. The third kappa shape index (κ3) is 2.39. The molecular formula is C16H24N4O2. The Morgan fingerprint density at radius 1 is 1.18 bits per heavy atom. The van der Waals surface area contributed by atoms with Gasteiger partial charge in [0.05, 0.1) is 6.04 Å². The second-order valence-corrected chi connectivity index (χ2v) is 7.29. The second kappa shape index (κ2) is 5.26. The minimum atomic E-state index is -0.755. The standard InChI is InChI=1S/C16H24N4O2/c21-15(22)19-11-16(12-19)5-2-14(10-16)18-8-3-13(4-9-18)20-7-1-6-17-20/h1,6-7,13-14H,2-5,8-12H2,(H,21,22). The Balaban J connectivity index is 1.29. The van der Waals surface area contributed by atoms with Crippen molar-refractivity contribution in [2.45, 2.75) is 44.2 Å². The van der Waals surface area contributed by atoms with E-state index in [1.165, 1.54) is 32.1 Å². The van der Waals surface area contributed by atoms with E-state index in [1.807, 2.05) is 12.3 Å². The summed E-state index contributed by atoms with van der Waals surface area (Å²) in [6, 6.07) is 3.21. The molecule has 22 heavy (non-hydrogen) atoms. The predicted molar refractivity (Wildman–Crippen MR) is 81.7 cm³/mol. The SMILES string of the molecule is O=C(O)N1CC2(CCC(N3CCC(n4cccn4)CC3)C2)C1. The Labute approximate surface area is 130 Å². The number of likely N-dealkylation sites (tertiary alicyclic amines) is 2. The summed E-state index contributed by atoms with van der Waals surface area (Å²) in [7, 11) is 0. The molecular weight excluding hydrogens is 280 g/mol. The summed E-state index contributed by atoms with van der Waals surface area (Å²) in [5.74, 6) is 0. The lowest BCUT2D eigenvalue weighted by Gasteiger charge is -2.47. The zero-order valence-corrected chi connectivity index (χ0v) is 12.9. The fourth-order valence-corrected chi connectivity index (χ4v) is 4.69. The van der Waals surface area contributed by atoms with E-state index in [9.17, 15) is 4.79 Å². The van der Waals surface area contributed by atoms with Gasteiger partial charge in [0.25, 0.3) is 0 Å². The number of aromatic nitrogens is 2. The van der Waals surface area contributed by atoms with Gasteiger partial charge in [0.15, 0.2) is 0 Å². The van der Waals surface area contributed by atoms with E-state index in [1.54, 1.807) is 4.90 Å². The van der Waals surface area contributed by atoms with Crippen molar-refractivity contribution in [1.82, 2.24) is 19.6 Å². The zero-order valence-electron chi connectivity index (χ0n) is 12.9. The van der Waals surface area contributed by atoms with Gasteiger partial charge in [-0.15, -0.1) is 0 Å². The van der Waals surface area contributed by atoms with E-state index in [-0.39, 0.29) is 0 Å². The third-order valence-electron chi connectivity index (χ3n) is 5.91. The van der Waals surface area contributed by atoms with E-state index in [0.29, 0.717) is 17.5 Å². The highest BCUT2D eigenvalue weighted by Gasteiger charge is 2.50. The molecule has 0 radical (unpaired) electrons. The van der Waals surface area contributed by atoms with Gasteiger partial charge in [-0.25, -0.2) is 4.79 Å². The monoisotopic (exact) mass is 304 g/mol. The minimum Gasteiger partial charge on any atom is -0.465 e. The van der Waals surface area contributed by atoms with Gasteiger partial charge in [0, 0.05) is 50.0 Å². The van der Waals surface area contributed by atoms with E-state index in [2.05, 4.69) is 20.9 Å². The van der Waals surface area contributed by atoms with Crippen LogP contribution < -0.4 is 0 Å². The van der Waals surface area contributed by atoms with Gasteiger partial charge in [-0.1, -0.05) is 0 Å². The fourth-order valence-electron chi connectivity index (χ4n) is 4.69. The largest absolute Gasteiger partial charge is 0.465 e. The molecule has 1 saturated carbocycles. The maximum Gasteiger partial charge on any atom is 0.407 e. The Morgan fingerprint density at radius 3 is 2.59 bits per heavy atom. The normalized spacial score (nSPS) is 28.9. The van der Waals surface area contributed by atoms with Crippen molar-refractivity contribution in [3.8, 4) is 0 Å². The van der Waals surface area contributed by atoms with E-state index in [4.69, 9.17) is 5.11 Å². The maximum atomic E-state index is 11.0. The smallest absolute Gasteiger partial charge is 0.407 e. The summed E-state index contributed by atoms with van der Waals surface area (Å²) in [5.41, 5.74) is 0.294. The van der Waals surface area contributed by atoms with Crippen molar-refractivity contribution >= 4 is 6.09 Å². The molecule has 1 N–H and O–H groups in total. The topological polar surface area (TPSA) is 61.6 Å². The summed E-state index contributed by atoms with van der Waals surface area (Å²) >= 11 is 0. The van der Waals surface area contributed by atoms with Crippen LogP contribution in [0.4, 0.5) is 4.79 Å². The molecule has 1 aromatic rings. The van der Waals surface area contributed by atoms with Gasteiger partial charge in [0.1, 0.15) is 0 Å². The van der Waals surface area contributed by atoms with Crippen molar-refractivity contribution in [3.05, 3.63) is 18.5 Å². The van der Waals surface area contributed by atoms with Crippen LogP contribution in [0.15, 0.2) is 18.5 Å². The molecule has 1 atom stereocenters. The number of amides is 1. The van der Waals surface area contributed by atoms with Crippen LogP contribution in [0.3, 0.4) is 0 Å². The summed E-state index contributed by atoms with van der Waals surface area (Å²) in [6.45, 7) is 3.80. The molecule has 2 aliphatic heterocycles. The second-order valence-electron chi connectivity index (χ2n) is 7.29. The summed E-state index contributed by atoms with van der Waals surface area (Å²) in [4.78, 5) is 15.2. The predicted octanol–water partition coefficient (Wildman–Crippen LogP) is 2.05. The molecule has 1 amide bonds. The van der Waals surface area contributed by atoms with E-state index < -0.39 is 6.09 Å². The molecule has 4 rings (SSSR count). The van der Waals surface area contributed by atoms with Crippen LogP contribution in [0, 0.1) is 5.41 Å². The lowest BCUT2D eigenvalue weighted by molar-refractivity contribution is 0.00760. The molecule has 1 unspecified atom stereocenters. The molecule has 6 nitrogen and oxygen atoms in total. The Bertz CT molecular complexity index is 530. The van der Waals surface area contributed by atoms with E-state index in [0.717, 1.165) is 26.2 Å². The molecule has 6 heteroatoms. The summed E-state index contributed by atoms with van der Waals surface area (Å²) < 4.78 is 2.10. The van der Waals surface area contributed by atoms with Crippen LogP contribution in [0.1, 0.15) is 38.1 Å². The molecule has 1 aliphatic carbocycles. The molecule has 3 fully saturated rings. The van der Waals surface area contributed by atoms with Crippen molar-refractivity contribution in [1.29, 1.82) is 0 Å². The van der Waals surface area contributed by atoms with Crippen LogP contribution in [0.5, 0.6) is 0 Å². The van der Waals surface area contributed by atoms with Crippen LogP contribution >= 0.6 is 0 Å². The first-order chi connectivity index (χ1) is 10.7. The Kier molecular flexibility index (Phi) is 3.36. The van der Waals surface area contributed by atoms with Crippen molar-refractivity contribution in [3.63, 3.8) is 0 Å². The van der Waals surface area contributed by atoms with Crippen molar-refractivity contribution in [2.24, 2.45) is 5.41 Å². The first-order valence-corrected chi connectivity index (χ1v) is 8.36. The molecule has 0 bridgehead atoms. The lowest BCUT2D eigenvalue weighted by Crippen LogP contribution is -2.57. The number of hydrogen-bond donors (Lipinski definition) is 1.